The highest BCUT2D eigenvalue weighted by Gasteiger charge is 2.04. The Labute approximate surface area is 78.2 Å². The van der Waals surface area contributed by atoms with E-state index < -0.39 is 10.4 Å². The van der Waals surface area contributed by atoms with E-state index in [0.717, 1.165) is 26.8 Å². The van der Waals surface area contributed by atoms with E-state index in [1.807, 2.05) is 0 Å². The third-order valence-corrected chi connectivity index (χ3v) is 1.74. The van der Waals surface area contributed by atoms with Crippen molar-refractivity contribution in [3.05, 3.63) is 0 Å². The molecule has 0 radical (unpaired) electrons. The Hall–Kier alpha value is -0.210. The van der Waals surface area contributed by atoms with Crippen LogP contribution in [0.15, 0.2) is 0 Å². The van der Waals surface area contributed by atoms with Crippen molar-refractivity contribution < 1.29 is 21.9 Å². The molecule has 1 aliphatic rings. The van der Waals surface area contributed by atoms with Crippen LogP contribution in [0, 0.1) is 0 Å². The lowest BCUT2D eigenvalue weighted by atomic mass is 10.3. The average molecular weight is 213 g/mol. The zero-order valence-corrected chi connectivity index (χ0v) is 8.50. The SMILES string of the molecule is CC1CNCCO1.COS(=O)(=O)O. The molecule has 1 unspecified atom stereocenters. The first kappa shape index (κ1) is 12.8. The van der Waals surface area contributed by atoms with Crippen molar-refractivity contribution in [1.82, 2.24) is 5.32 Å². The summed E-state index contributed by atoms with van der Waals surface area (Å²) in [4.78, 5) is 0. The van der Waals surface area contributed by atoms with E-state index in [1.54, 1.807) is 0 Å². The molecule has 80 valence electrons. The molecule has 2 N–H and O–H groups in total. The van der Waals surface area contributed by atoms with Crippen molar-refractivity contribution in [2.24, 2.45) is 0 Å². The Kier molecular flexibility index (Phi) is 6.17. The van der Waals surface area contributed by atoms with E-state index in [-0.39, 0.29) is 0 Å². The summed E-state index contributed by atoms with van der Waals surface area (Å²) >= 11 is 0. The van der Waals surface area contributed by atoms with Crippen molar-refractivity contribution in [3.8, 4) is 0 Å². The van der Waals surface area contributed by atoms with Gasteiger partial charge in [-0.2, -0.15) is 8.42 Å². The zero-order valence-electron chi connectivity index (χ0n) is 7.69. The molecule has 0 aromatic rings. The zero-order chi connectivity index (χ0) is 10.3. The van der Waals surface area contributed by atoms with Crippen molar-refractivity contribution >= 4 is 10.4 Å². The first-order valence-electron chi connectivity index (χ1n) is 3.81. The number of nitrogens with one attached hydrogen (secondary N) is 1. The van der Waals surface area contributed by atoms with Gasteiger partial charge in [0.1, 0.15) is 0 Å². The first-order chi connectivity index (χ1) is 5.95. The van der Waals surface area contributed by atoms with Crippen molar-refractivity contribution in [2.45, 2.75) is 13.0 Å². The summed E-state index contributed by atoms with van der Waals surface area (Å²) in [5, 5.41) is 3.21. The highest BCUT2D eigenvalue weighted by Crippen LogP contribution is 1.91. The van der Waals surface area contributed by atoms with Gasteiger partial charge in [0.15, 0.2) is 0 Å². The third kappa shape index (κ3) is 9.71. The largest absolute Gasteiger partial charge is 0.397 e. The van der Waals surface area contributed by atoms with Gasteiger partial charge < -0.3 is 10.1 Å². The van der Waals surface area contributed by atoms with Crippen molar-refractivity contribution in [3.63, 3.8) is 0 Å². The number of ether oxygens (including phenoxy) is 1. The minimum absolute atomic E-state index is 0.425. The van der Waals surface area contributed by atoms with Crippen LogP contribution >= 0.6 is 0 Å². The van der Waals surface area contributed by atoms with E-state index in [0.29, 0.717) is 6.10 Å². The smallest absolute Gasteiger partial charge is 0.376 e. The van der Waals surface area contributed by atoms with Gasteiger partial charge in [-0.15, -0.1) is 0 Å². The second-order valence-electron chi connectivity index (χ2n) is 2.48. The summed E-state index contributed by atoms with van der Waals surface area (Å²) in [6.45, 7) is 4.98. The molecule has 6 nitrogen and oxygen atoms in total. The standard InChI is InChI=1S/C5H11NO.CH4O4S/c1-5-4-6-2-3-7-5;1-5-6(2,3)4/h5-6H,2-4H2,1H3;1H3,(H,2,3,4). The summed E-state index contributed by atoms with van der Waals surface area (Å²) in [6.07, 6.45) is 0.425. The number of hydrogen-bond donors (Lipinski definition) is 2. The van der Waals surface area contributed by atoms with Crippen molar-refractivity contribution in [2.75, 3.05) is 26.8 Å². The molecule has 7 heteroatoms. The van der Waals surface area contributed by atoms with E-state index in [2.05, 4.69) is 16.4 Å². The van der Waals surface area contributed by atoms with Crippen LogP contribution in [-0.4, -0.2) is 45.9 Å². The van der Waals surface area contributed by atoms with Crippen LogP contribution in [0.3, 0.4) is 0 Å². The molecule has 1 rings (SSSR count). The van der Waals surface area contributed by atoms with Gasteiger partial charge in [0.2, 0.25) is 0 Å². The summed E-state index contributed by atoms with van der Waals surface area (Å²) in [5.74, 6) is 0. The number of hydrogen-bond acceptors (Lipinski definition) is 5. The fourth-order valence-electron chi connectivity index (χ4n) is 0.697. The molecule has 0 spiro atoms. The third-order valence-electron chi connectivity index (χ3n) is 1.32. The first-order valence-corrected chi connectivity index (χ1v) is 5.17. The molecular weight excluding hydrogens is 198 g/mol. The molecule has 0 aromatic carbocycles. The topological polar surface area (TPSA) is 84.9 Å². The normalized spacial score (nSPS) is 23.2. The van der Waals surface area contributed by atoms with Gasteiger partial charge in [-0.1, -0.05) is 0 Å². The monoisotopic (exact) mass is 213 g/mol. The van der Waals surface area contributed by atoms with Gasteiger partial charge in [0.05, 0.1) is 19.8 Å². The van der Waals surface area contributed by atoms with Gasteiger partial charge in [-0.3, -0.25) is 8.74 Å². The lowest BCUT2D eigenvalue weighted by Crippen LogP contribution is -2.36. The maximum Gasteiger partial charge on any atom is 0.397 e. The van der Waals surface area contributed by atoms with E-state index >= 15 is 0 Å². The average Bonchev–Trinajstić information content (AvgIpc) is 2.06. The van der Waals surface area contributed by atoms with Gasteiger partial charge >= 0.3 is 10.4 Å². The minimum atomic E-state index is -4.16. The molecule has 0 aromatic heterocycles. The van der Waals surface area contributed by atoms with Crippen LogP contribution in [0.2, 0.25) is 0 Å². The van der Waals surface area contributed by atoms with Gasteiger partial charge in [0, 0.05) is 13.1 Å². The Morgan fingerprint density at radius 3 is 2.31 bits per heavy atom. The molecule has 1 aliphatic heterocycles. The molecule has 0 saturated carbocycles. The van der Waals surface area contributed by atoms with Crippen LogP contribution in [-0.2, 0) is 19.3 Å². The van der Waals surface area contributed by atoms with Crippen LogP contribution in [0.25, 0.3) is 0 Å². The second-order valence-corrected chi connectivity index (χ2v) is 3.67. The molecule has 1 atom stereocenters. The fraction of sp³-hybridized carbons (Fsp3) is 1.00. The molecule has 1 fully saturated rings. The lowest BCUT2D eigenvalue weighted by molar-refractivity contribution is 0.0410. The predicted molar refractivity (Wildman–Crippen MR) is 46.8 cm³/mol. The number of morpholine rings is 1. The highest BCUT2D eigenvalue weighted by atomic mass is 32.3. The van der Waals surface area contributed by atoms with Crippen LogP contribution in [0.5, 0.6) is 0 Å². The quantitative estimate of drug-likeness (QED) is 0.567. The van der Waals surface area contributed by atoms with E-state index in [4.69, 9.17) is 9.29 Å². The van der Waals surface area contributed by atoms with Gasteiger partial charge in [-0.05, 0) is 6.92 Å². The molecule has 0 aliphatic carbocycles. The summed E-state index contributed by atoms with van der Waals surface area (Å²) in [5.41, 5.74) is 0. The maximum absolute atomic E-state index is 9.33. The Balaban J connectivity index is 0.000000226. The van der Waals surface area contributed by atoms with E-state index in [1.165, 1.54) is 0 Å². The van der Waals surface area contributed by atoms with Gasteiger partial charge in [-0.25, -0.2) is 0 Å². The summed E-state index contributed by atoms with van der Waals surface area (Å²) < 4.78 is 34.9. The molecule has 1 heterocycles. The van der Waals surface area contributed by atoms with Crippen LogP contribution in [0.1, 0.15) is 6.92 Å². The highest BCUT2D eigenvalue weighted by molar-refractivity contribution is 7.80. The minimum Gasteiger partial charge on any atom is -0.376 e. The summed E-state index contributed by atoms with van der Waals surface area (Å²) in [7, 11) is -3.29. The Morgan fingerprint density at radius 1 is 1.62 bits per heavy atom. The van der Waals surface area contributed by atoms with Crippen LogP contribution in [0.4, 0.5) is 0 Å². The Morgan fingerprint density at radius 2 is 2.15 bits per heavy atom. The summed E-state index contributed by atoms with van der Waals surface area (Å²) in [6, 6.07) is 0. The lowest BCUT2D eigenvalue weighted by Gasteiger charge is -2.18. The predicted octanol–water partition coefficient (Wildman–Crippen LogP) is -0.570. The van der Waals surface area contributed by atoms with Crippen LogP contribution < -0.4 is 5.32 Å². The molecule has 1 saturated heterocycles. The maximum atomic E-state index is 9.33. The van der Waals surface area contributed by atoms with Crippen molar-refractivity contribution in [1.29, 1.82) is 0 Å². The molecule has 0 bridgehead atoms. The molecule has 0 amide bonds. The second kappa shape index (κ2) is 6.28. The fourth-order valence-corrected chi connectivity index (χ4v) is 0.697. The Bertz CT molecular complexity index is 209. The van der Waals surface area contributed by atoms with Gasteiger partial charge in [0.25, 0.3) is 0 Å². The molecule has 13 heavy (non-hydrogen) atoms. The van der Waals surface area contributed by atoms with E-state index in [9.17, 15) is 8.42 Å². The molecular formula is C6H15NO5S. The number of rotatable bonds is 1.